The SMILES string of the molecule is C=CCC(Nc1ccc(Cl)cc1C(=O)C(F)(F)F)OC. The van der Waals surface area contributed by atoms with Crippen LogP contribution in [0.1, 0.15) is 16.8 Å². The molecule has 110 valence electrons. The summed E-state index contributed by atoms with van der Waals surface area (Å²) in [5, 5.41) is 2.75. The van der Waals surface area contributed by atoms with Crippen molar-refractivity contribution in [2.75, 3.05) is 12.4 Å². The van der Waals surface area contributed by atoms with E-state index in [-0.39, 0.29) is 10.7 Å². The zero-order valence-corrected chi connectivity index (χ0v) is 11.4. The molecule has 1 aromatic carbocycles. The van der Waals surface area contributed by atoms with Crippen LogP contribution in [0.5, 0.6) is 0 Å². The molecule has 0 amide bonds. The molecule has 0 aliphatic carbocycles. The van der Waals surface area contributed by atoms with Gasteiger partial charge in [0, 0.05) is 24.2 Å². The van der Waals surface area contributed by atoms with Gasteiger partial charge in [0.15, 0.2) is 0 Å². The molecular formula is C13H13ClF3NO2. The van der Waals surface area contributed by atoms with Gasteiger partial charge in [0.05, 0.1) is 5.56 Å². The second-order valence-corrected chi connectivity index (χ2v) is 4.35. The first-order valence-corrected chi connectivity index (χ1v) is 5.98. The average Bonchev–Trinajstić information content (AvgIpc) is 2.38. The second kappa shape index (κ2) is 6.76. The van der Waals surface area contributed by atoms with Crippen LogP contribution in [-0.4, -0.2) is 25.3 Å². The number of carbonyl (C=O) groups is 1. The van der Waals surface area contributed by atoms with Crippen LogP contribution in [-0.2, 0) is 4.74 Å². The van der Waals surface area contributed by atoms with E-state index >= 15 is 0 Å². The fourth-order valence-electron chi connectivity index (χ4n) is 1.52. The molecule has 0 aromatic heterocycles. The molecule has 0 radical (unpaired) electrons. The number of methoxy groups -OCH3 is 1. The van der Waals surface area contributed by atoms with E-state index in [0.29, 0.717) is 6.42 Å². The molecular weight excluding hydrogens is 295 g/mol. The number of carbonyl (C=O) groups excluding carboxylic acids is 1. The number of hydrogen-bond donors (Lipinski definition) is 1. The van der Waals surface area contributed by atoms with Gasteiger partial charge >= 0.3 is 6.18 Å². The number of nitrogens with one attached hydrogen (secondary N) is 1. The number of halogens is 4. The van der Waals surface area contributed by atoms with Crippen LogP contribution in [0.25, 0.3) is 0 Å². The van der Waals surface area contributed by atoms with Crippen LogP contribution in [0.4, 0.5) is 18.9 Å². The van der Waals surface area contributed by atoms with Gasteiger partial charge in [0.1, 0.15) is 6.23 Å². The van der Waals surface area contributed by atoms with Crippen molar-refractivity contribution in [2.24, 2.45) is 0 Å². The molecule has 0 aliphatic heterocycles. The van der Waals surface area contributed by atoms with E-state index in [9.17, 15) is 18.0 Å². The lowest BCUT2D eigenvalue weighted by Crippen LogP contribution is -2.27. The van der Waals surface area contributed by atoms with Gasteiger partial charge in [-0.1, -0.05) is 17.7 Å². The summed E-state index contributed by atoms with van der Waals surface area (Å²) in [5.41, 5.74) is -0.540. The lowest BCUT2D eigenvalue weighted by molar-refractivity contribution is -0.0884. The van der Waals surface area contributed by atoms with E-state index in [4.69, 9.17) is 16.3 Å². The quantitative estimate of drug-likeness (QED) is 0.489. The third-order valence-electron chi connectivity index (χ3n) is 2.47. The van der Waals surface area contributed by atoms with Crippen LogP contribution in [0.2, 0.25) is 5.02 Å². The Morgan fingerprint density at radius 2 is 2.20 bits per heavy atom. The van der Waals surface area contributed by atoms with Crippen LogP contribution in [0, 0.1) is 0 Å². The van der Waals surface area contributed by atoms with Crippen molar-refractivity contribution in [3.05, 3.63) is 41.4 Å². The molecule has 1 atom stereocenters. The Kier molecular flexibility index (Phi) is 5.59. The summed E-state index contributed by atoms with van der Waals surface area (Å²) < 4.78 is 42.7. The third-order valence-corrected chi connectivity index (χ3v) is 2.70. The fourth-order valence-corrected chi connectivity index (χ4v) is 1.69. The maximum atomic E-state index is 12.5. The van der Waals surface area contributed by atoms with E-state index in [0.717, 1.165) is 6.07 Å². The highest BCUT2D eigenvalue weighted by Gasteiger charge is 2.40. The Hall–Kier alpha value is -1.53. The summed E-state index contributed by atoms with van der Waals surface area (Å²) in [6.07, 6.45) is -3.66. The summed E-state index contributed by atoms with van der Waals surface area (Å²) in [6.45, 7) is 3.51. The van der Waals surface area contributed by atoms with E-state index in [1.54, 1.807) is 6.08 Å². The second-order valence-electron chi connectivity index (χ2n) is 3.91. The number of anilines is 1. The number of alkyl halides is 3. The van der Waals surface area contributed by atoms with Gasteiger partial charge in [-0.15, -0.1) is 6.58 Å². The first kappa shape index (κ1) is 16.5. The molecule has 0 heterocycles. The summed E-state index contributed by atoms with van der Waals surface area (Å²) in [6, 6.07) is 3.66. The average molecular weight is 308 g/mol. The highest BCUT2D eigenvalue weighted by atomic mass is 35.5. The number of rotatable bonds is 6. The molecule has 0 spiro atoms. The summed E-state index contributed by atoms with van der Waals surface area (Å²) in [4.78, 5) is 11.4. The molecule has 1 N–H and O–H groups in total. The molecule has 0 aliphatic rings. The third kappa shape index (κ3) is 4.25. The Morgan fingerprint density at radius 3 is 2.70 bits per heavy atom. The zero-order valence-electron chi connectivity index (χ0n) is 10.6. The Balaban J connectivity index is 3.13. The molecule has 3 nitrogen and oxygen atoms in total. The van der Waals surface area contributed by atoms with Crippen LogP contribution < -0.4 is 5.32 Å². The number of hydrogen-bond acceptors (Lipinski definition) is 3. The van der Waals surface area contributed by atoms with Crippen molar-refractivity contribution >= 4 is 23.1 Å². The maximum absolute atomic E-state index is 12.5. The van der Waals surface area contributed by atoms with E-state index < -0.39 is 23.8 Å². The molecule has 0 saturated heterocycles. The molecule has 7 heteroatoms. The normalized spacial score (nSPS) is 12.8. The summed E-state index contributed by atoms with van der Waals surface area (Å²) in [7, 11) is 1.39. The van der Waals surface area contributed by atoms with Gasteiger partial charge in [-0.25, -0.2) is 0 Å². The van der Waals surface area contributed by atoms with Crippen LogP contribution >= 0.6 is 11.6 Å². The van der Waals surface area contributed by atoms with E-state index in [1.165, 1.54) is 19.2 Å². The molecule has 0 fully saturated rings. The molecule has 1 rings (SSSR count). The van der Waals surface area contributed by atoms with Gasteiger partial charge < -0.3 is 10.1 Å². The van der Waals surface area contributed by atoms with E-state index in [2.05, 4.69) is 11.9 Å². The van der Waals surface area contributed by atoms with Crippen molar-refractivity contribution in [2.45, 2.75) is 18.8 Å². The van der Waals surface area contributed by atoms with Gasteiger partial charge in [0.2, 0.25) is 0 Å². The molecule has 1 unspecified atom stereocenters. The predicted octanol–water partition coefficient (Wildman–Crippen LogP) is 4.05. The van der Waals surface area contributed by atoms with Crippen molar-refractivity contribution in [1.82, 2.24) is 0 Å². The van der Waals surface area contributed by atoms with Crippen LogP contribution in [0.3, 0.4) is 0 Å². The highest BCUT2D eigenvalue weighted by molar-refractivity contribution is 6.31. The topological polar surface area (TPSA) is 38.3 Å². The number of Topliss-reactive ketones (excluding diaryl/α,β-unsaturated/α-hetero) is 1. The standard InChI is InChI=1S/C13H13ClF3NO2/c1-3-4-11(20-2)18-10-6-5-8(14)7-9(10)12(19)13(15,16)17/h3,5-7,11,18H,1,4H2,2H3. The van der Waals surface area contributed by atoms with Gasteiger partial charge in [-0.05, 0) is 18.2 Å². The van der Waals surface area contributed by atoms with Crippen LogP contribution in [0.15, 0.2) is 30.9 Å². The Bertz CT molecular complexity index is 503. The summed E-state index contributed by atoms with van der Waals surface area (Å²) >= 11 is 5.65. The minimum absolute atomic E-state index is 0.00502. The zero-order chi connectivity index (χ0) is 15.3. The smallest absolute Gasteiger partial charge is 0.362 e. The highest BCUT2D eigenvalue weighted by Crippen LogP contribution is 2.29. The van der Waals surface area contributed by atoms with Crippen molar-refractivity contribution in [3.8, 4) is 0 Å². The largest absolute Gasteiger partial charge is 0.454 e. The number of ketones is 1. The lowest BCUT2D eigenvalue weighted by atomic mass is 10.1. The summed E-state index contributed by atoms with van der Waals surface area (Å²) in [5.74, 6) is -1.96. The monoisotopic (exact) mass is 307 g/mol. The molecule has 0 bridgehead atoms. The van der Waals surface area contributed by atoms with Crippen molar-refractivity contribution in [1.29, 1.82) is 0 Å². The van der Waals surface area contributed by atoms with Gasteiger partial charge in [-0.3, -0.25) is 4.79 Å². The van der Waals surface area contributed by atoms with E-state index in [1.807, 2.05) is 0 Å². The number of benzene rings is 1. The van der Waals surface area contributed by atoms with Gasteiger partial charge in [-0.2, -0.15) is 13.2 Å². The first-order chi connectivity index (χ1) is 9.29. The Labute approximate surface area is 119 Å². The molecule has 1 aromatic rings. The van der Waals surface area contributed by atoms with Crippen molar-refractivity contribution in [3.63, 3.8) is 0 Å². The minimum Gasteiger partial charge on any atom is -0.362 e. The number of ether oxygens (including phenoxy) is 1. The molecule has 20 heavy (non-hydrogen) atoms. The molecule has 0 saturated carbocycles. The predicted molar refractivity (Wildman–Crippen MR) is 71.1 cm³/mol. The first-order valence-electron chi connectivity index (χ1n) is 5.61. The lowest BCUT2D eigenvalue weighted by Gasteiger charge is -2.19. The van der Waals surface area contributed by atoms with Crippen molar-refractivity contribution < 1.29 is 22.7 Å². The fraction of sp³-hybridized carbons (Fsp3) is 0.308. The Morgan fingerprint density at radius 1 is 1.55 bits per heavy atom. The minimum atomic E-state index is -4.97. The van der Waals surface area contributed by atoms with Gasteiger partial charge in [0.25, 0.3) is 5.78 Å². The maximum Gasteiger partial charge on any atom is 0.454 e.